The monoisotopic (exact) mass is 393 g/mol. The SMILES string of the molecule is CCCNc1nnc(SCC(=O)NCC(=O)Nc2cccc(C)c2C)s1. The van der Waals surface area contributed by atoms with E-state index in [-0.39, 0.29) is 24.1 Å². The van der Waals surface area contributed by atoms with E-state index in [1.807, 2.05) is 32.0 Å². The molecule has 0 aliphatic heterocycles. The maximum Gasteiger partial charge on any atom is 0.243 e. The largest absolute Gasteiger partial charge is 0.360 e. The second kappa shape index (κ2) is 10.1. The molecule has 140 valence electrons. The van der Waals surface area contributed by atoms with Crippen LogP contribution in [-0.2, 0) is 9.59 Å². The zero-order valence-electron chi connectivity index (χ0n) is 15.1. The van der Waals surface area contributed by atoms with E-state index >= 15 is 0 Å². The lowest BCUT2D eigenvalue weighted by atomic mass is 10.1. The van der Waals surface area contributed by atoms with Gasteiger partial charge >= 0.3 is 0 Å². The van der Waals surface area contributed by atoms with Gasteiger partial charge < -0.3 is 16.0 Å². The highest BCUT2D eigenvalue weighted by Gasteiger charge is 2.10. The Morgan fingerprint density at radius 3 is 2.77 bits per heavy atom. The third kappa shape index (κ3) is 6.30. The minimum absolute atomic E-state index is 0.0633. The van der Waals surface area contributed by atoms with Crippen molar-refractivity contribution in [3.8, 4) is 0 Å². The summed E-state index contributed by atoms with van der Waals surface area (Å²) in [5, 5.41) is 17.4. The number of benzene rings is 1. The minimum Gasteiger partial charge on any atom is -0.360 e. The summed E-state index contributed by atoms with van der Waals surface area (Å²) in [6.07, 6.45) is 1.01. The first kappa shape index (κ1) is 20.2. The standard InChI is InChI=1S/C17H23N5O2S2/c1-4-8-18-16-21-22-17(26-16)25-10-15(24)19-9-14(23)20-13-7-5-6-11(2)12(13)3/h5-7H,4,8-10H2,1-3H3,(H,18,21)(H,19,24)(H,20,23). The molecule has 0 radical (unpaired) electrons. The van der Waals surface area contributed by atoms with Crippen LogP contribution in [0.25, 0.3) is 0 Å². The van der Waals surface area contributed by atoms with E-state index in [1.165, 1.54) is 23.1 Å². The van der Waals surface area contributed by atoms with E-state index in [0.29, 0.717) is 0 Å². The van der Waals surface area contributed by atoms with E-state index in [0.717, 1.165) is 39.3 Å². The lowest BCUT2D eigenvalue weighted by Crippen LogP contribution is -2.34. The molecular weight excluding hydrogens is 370 g/mol. The van der Waals surface area contributed by atoms with Gasteiger partial charge in [0.05, 0.1) is 12.3 Å². The van der Waals surface area contributed by atoms with Crippen LogP contribution in [0.4, 0.5) is 10.8 Å². The topological polar surface area (TPSA) is 96.0 Å². The first-order valence-electron chi connectivity index (χ1n) is 8.32. The molecule has 0 aliphatic rings. The lowest BCUT2D eigenvalue weighted by molar-refractivity contribution is -0.122. The molecule has 7 nitrogen and oxygen atoms in total. The van der Waals surface area contributed by atoms with Crippen LogP contribution in [0.5, 0.6) is 0 Å². The van der Waals surface area contributed by atoms with Crippen LogP contribution in [0.15, 0.2) is 22.5 Å². The van der Waals surface area contributed by atoms with Gasteiger partial charge in [-0.15, -0.1) is 10.2 Å². The van der Waals surface area contributed by atoms with Crippen molar-refractivity contribution in [1.82, 2.24) is 15.5 Å². The molecule has 0 fully saturated rings. The number of aryl methyl sites for hydroxylation is 1. The number of nitrogens with zero attached hydrogens (tertiary/aromatic N) is 2. The molecule has 1 aromatic heterocycles. The van der Waals surface area contributed by atoms with Crippen LogP contribution in [0, 0.1) is 13.8 Å². The van der Waals surface area contributed by atoms with Crippen molar-refractivity contribution in [3.05, 3.63) is 29.3 Å². The van der Waals surface area contributed by atoms with Crippen molar-refractivity contribution in [2.45, 2.75) is 31.5 Å². The molecule has 9 heteroatoms. The number of hydrogen-bond donors (Lipinski definition) is 3. The van der Waals surface area contributed by atoms with Crippen LogP contribution in [-0.4, -0.2) is 40.9 Å². The number of hydrogen-bond acceptors (Lipinski definition) is 7. The number of carbonyl (C=O) groups excluding carboxylic acids is 2. The average Bonchev–Trinajstić information content (AvgIpc) is 3.08. The molecule has 3 N–H and O–H groups in total. The summed E-state index contributed by atoms with van der Waals surface area (Å²) >= 11 is 2.72. The van der Waals surface area contributed by atoms with Gasteiger partial charge in [0.1, 0.15) is 0 Å². The normalized spacial score (nSPS) is 10.4. The lowest BCUT2D eigenvalue weighted by Gasteiger charge is -2.10. The molecule has 2 amide bonds. The molecule has 2 aromatic rings. The Hall–Kier alpha value is -2.13. The quantitative estimate of drug-likeness (QED) is 0.567. The maximum absolute atomic E-state index is 12.0. The molecule has 0 spiro atoms. The summed E-state index contributed by atoms with van der Waals surface area (Å²) in [7, 11) is 0. The van der Waals surface area contributed by atoms with Gasteiger partial charge in [-0.2, -0.15) is 0 Å². The molecule has 0 atom stereocenters. The molecule has 26 heavy (non-hydrogen) atoms. The highest BCUT2D eigenvalue weighted by molar-refractivity contribution is 8.01. The molecule has 0 saturated carbocycles. The Balaban J connectivity index is 1.72. The van der Waals surface area contributed by atoms with Crippen LogP contribution >= 0.6 is 23.1 Å². The fourth-order valence-electron chi connectivity index (χ4n) is 2.01. The van der Waals surface area contributed by atoms with Crippen molar-refractivity contribution in [3.63, 3.8) is 0 Å². The smallest absolute Gasteiger partial charge is 0.243 e. The van der Waals surface area contributed by atoms with Crippen LogP contribution in [0.3, 0.4) is 0 Å². The van der Waals surface area contributed by atoms with Crippen molar-refractivity contribution in [2.75, 3.05) is 29.5 Å². The fraction of sp³-hybridized carbons (Fsp3) is 0.412. The Labute approximate surface area is 161 Å². The number of aromatic nitrogens is 2. The summed E-state index contributed by atoms with van der Waals surface area (Å²) in [6, 6.07) is 5.72. The average molecular weight is 394 g/mol. The highest BCUT2D eigenvalue weighted by Crippen LogP contribution is 2.25. The molecule has 2 rings (SSSR count). The van der Waals surface area contributed by atoms with Crippen LogP contribution < -0.4 is 16.0 Å². The zero-order valence-corrected chi connectivity index (χ0v) is 16.7. The fourth-order valence-corrected chi connectivity index (χ4v) is 3.62. The molecule has 1 heterocycles. The predicted octanol–water partition coefficient (Wildman–Crippen LogP) is 2.82. The van der Waals surface area contributed by atoms with E-state index in [1.54, 1.807) is 0 Å². The molecule has 0 aliphatic carbocycles. The van der Waals surface area contributed by atoms with E-state index in [2.05, 4.69) is 33.1 Å². The van der Waals surface area contributed by atoms with Gasteiger partial charge in [0.15, 0.2) is 4.34 Å². The summed E-state index contributed by atoms with van der Waals surface area (Å²) < 4.78 is 0.721. The van der Waals surface area contributed by atoms with Crippen LogP contribution in [0.1, 0.15) is 24.5 Å². The molecule has 1 aromatic carbocycles. The van der Waals surface area contributed by atoms with Gasteiger partial charge in [-0.1, -0.05) is 42.2 Å². The van der Waals surface area contributed by atoms with Crippen molar-refractivity contribution in [2.24, 2.45) is 0 Å². The number of thioether (sulfide) groups is 1. The summed E-state index contributed by atoms with van der Waals surface area (Å²) in [6.45, 7) is 6.79. The number of rotatable bonds is 9. The second-order valence-electron chi connectivity index (χ2n) is 5.66. The first-order chi connectivity index (χ1) is 12.5. The number of anilines is 2. The Morgan fingerprint density at radius 1 is 1.19 bits per heavy atom. The summed E-state index contributed by atoms with van der Waals surface area (Å²) in [5.41, 5.74) is 2.89. The number of carbonyl (C=O) groups is 2. The molecule has 0 bridgehead atoms. The van der Waals surface area contributed by atoms with Gasteiger partial charge in [0.25, 0.3) is 0 Å². The Bertz CT molecular complexity index is 763. The zero-order chi connectivity index (χ0) is 18.9. The van der Waals surface area contributed by atoms with E-state index in [9.17, 15) is 9.59 Å². The predicted molar refractivity (Wildman–Crippen MR) is 107 cm³/mol. The summed E-state index contributed by atoms with van der Waals surface area (Å²) in [5.74, 6) is -0.275. The van der Waals surface area contributed by atoms with E-state index in [4.69, 9.17) is 0 Å². The Morgan fingerprint density at radius 2 is 2.00 bits per heavy atom. The Kier molecular flexibility index (Phi) is 7.86. The van der Waals surface area contributed by atoms with Crippen LogP contribution in [0.2, 0.25) is 0 Å². The molecular formula is C17H23N5O2S2. The van der Waals surface area contributed by atoms with Crippen molar-refractivity contribution in [1.29, 1.82) is 0 Å². The van der Waals surface area contributed by atoms with Gasteiger partial charge in [0, 0.05) is 12.2 Å². The third-order valence-corrected chi connectivity index (χ3v) is 5.60. The molecule has 0 saturated heterocycles. The number of nitrogens with one attached hydrogen (secondary N) is 3. The highest BCUT2D eigenvalue weighted by atomic mass is 32.2. The number of amides is 2. The van der Waals surface area contributed by atoms with Crippen molar-refractivity contribution < 1.29 is 9.59 Å². The minimum atomic E-state index is -0.251. The third-order valence-electron chi connectivity index (χ3n) is 3.58. The first-order valence-corrected chi connectivity index (χ1v) is 10.1. The van der Waals surface area contributed by atoms with E-state index < -0.39 is 0 Å². The molecule has 0 unspecified atom stereocenters. The van der Waals surface area contributed by atoms with Gasteiger partial charge in [-0.25, -0.2) is 0 Å². The van der Waals surface area contributed by atoms with Gasteiger partial charge in [0.2, 0.25) is 16.9 Å². The summed E-state index contributed by atoms with van der Waals surface area (Å²) in [4.78, 5) is 23.9. The second-order valence-corrected chi connectivity index (χ2v) is 7.86. The maximum atomic E-state index is 12.0. The van der Waals surface area contributed by atoms with Gasteiger partial charge in [-0.3, -0.25) is 9.59 Å². The van der Waals surface area contributed by atoms with Crippen molar-refractivity contribution >= 4 is 45.7 Å². The van der Waals surface area contributed by atoms with Gasteiger partial charge in [-0.05, 0) is 37.5 Å².